The number of aromatic nitrogens is 3. The van der Waals surface area contributed by atoms with Crippen molar-refractivity contribution in [2.45, 2.75) is 64.9 Å². The molecule has 0 unspecified atom stereocenters. The van der Waals surface area contributed by atoms with Gasteiger partial charge in [-0.15, -0.1) is 0 Å². The molecular weight excluding hydrogens is 713 g/mol. The third-order valence-corrected chi connectivity index (χ3v) is 12.9. The van der Waals surface area contributed by atoms with Gasteiger partial charge in [0.05, 0.1) is 24.6 Å². The van der Waals surface area contributed by atoms with Crippen LogP contribution in [0.2, 0.25) is 0 Å². The Morgan fingerprint density at radius 2 is 1.46 bits per heavy atom. The maximum absolute atomic E-state index is 13.0. The summed E-state index contributed by atoms with van der Waals surface area (Å²) in [6.07, 6.45) is 9.13. The summed E-state index contributed by atoms with van der Waals surface area (Å²) in [5.74, 6) is 3.72. The van der Waals surface area contributed by atoms with E-state index in [-0.39, 0.29) is 24.0 Å². The highest BCUT2D eigenvalue weighted by atomic mass is 16.6. The molecule has 5 aromatic rings. The number of piperazine rings is 1. The molecule has 2 aromatic heterocycles. The molecule has 4 aliphatic carbocycles. The number of carbonyl (C=O) groups excluding carboxylic acids is 2. The molecule has 10 heteroatoms. The molecule has 4 saturated carbocycles. The Morgan fingerprint density at radius 3 is 2.18 bits per heavy atom. The number of nitrogens with one attached hydrogen (secondary N) is 1. The molecule has 57 heavy (non-hydrogen) atoms. The van der Waals surface area contributed by atoms with Crippen molar-refractivity contribution in [2.75, 3.05) is 50.8 Å². The van der Waals surface area contributed by atoms with Crippen LogP contribution in [-0.4, -0.2) is 77.4 Å². The summed E-state index contributed by atoms with van der Waals surface area (Å²) in [5.41, 5.74) is 8.07. The van der Waals surface area contributed by atoms with Gasteiger partial charge in [-0.05, 0) is 97.8 Å². The number of amides is 2. The molecule has 2 amide bonds. The van der Waals surface area contributed by atoms with E-state index in [9.17, 15) is 9.59 Å². The number of nitrogens with zero attached hydrogens (tertiary/aromatic N) is 5. The van der Waals surface area contributed by atoms with E-state index >= 15 is 0 Å². The van der Waals surface area contributed by atoms with Crippen LogP contribution in [-0.2, 0) is 27.3 Å². The number of anilines is 1. The maximum atomic E-state index is 13.0. The molecule has 3 aromatic carbocycles. The van der Waals surface area contributed by atoms with Crippen molar-refractivity contribution in [3.05, 3.63) is 108 Å². The maximum Gasteiger partial charge on any atom is 0.410 e. The summed E-state index contributed by atoms with van der Waals surface area (Å²) in [6, 6.07) is 30.7. The van der Waals surface area contributed by atoms with Crippen LogP contribution in [0.3, 0.4) is 0 Å². The van der Waals surface area contributed by atoms with Crippen LogP contribution < -0.4 is 10.2 Å². The quantitative estimate of drug-likeness (QED) is 0.121. The fourth-order valence-electron chi connectivity index (χ4n) is 10.7. The Kier molecular flexibility index (Phi) is 10.7. The highest BCUT2D eigenvalue weighted by Gasteiger charge is 2.51. The number of rotatable bonds is 13. The van der Waals surface area contributed by atoms with E-state index in [0.29, 0.717) is 52.4 Å². The highest BCUT2D eigenvalue weighted by molar-refractivity contribution is 5.83. The molecule has 5 aliphatic rings. The molecule has 296 valence electrons. The SMILES string of the molecule is Cc1nn2c(N3CCN(C(=O)OCc4ccccc4)CC3)cc(-c3cccc(CCOCCNC(=O)CC45CC6CC(CC(C6)C4)C5)c3)nc2c1-c1ccccc1. The Bertz CT molecular complexity index is 2160. The molecule has 1 N–H and O–H groups in total. The number of ether oxygens (including phenoxy) is 2. The number of hydrogen-bond acceptors (Lipinski definition) is 7. The van der Waals surface area contributed by atoms with E-state index < -0.39 is 0 Å². The topological polar surface area (TPSA) is 101 Å². The molecule has 10 rings (SSSR count). The summed E-state index contributed by atoms with van der Waals surface area (Å²) in [5, 5.41) is 8.18. The van der Waals surface area contributed by atoms with Gasteiger partial charge >= 0.3 is 6.09 Å². The first-order valence-corrected chi connectivity index (χ1v) is 21.0. The fourth-order valence-corrected chi connectivity index (χ4v) is 10.7. The Morgan fingerprint density at radius 1 is 0.789 bits per heavy atom. The minimum Gasteiger partial charge on any atom is -0.445 e. The van der Waals surface area contributed by atoms with Crippen molar-refractivity contribution in [1.82, 2.24) is 24.8 Å². The van der Waals surface area contributed by atoms with Gasteiger partial charge in [-0.1, -0.05) is 78.9 Å². The smallest absolute Gasteiger partial charge is 0.410 e. The molecule has 10 nitrogen and oxygen atoms in total. The van der Waals surface area contributed by atoms with Crippen molar-refractivity contribution in [2.24, 2.45) is 23.2 Å². The van der Waals surface area contributed by atoms with Gasteiger partial charge in [-0.25, -0.2) is 9.78 Å². The van der Waals surface area contributed by atoms with Crippen LogP contribution in [0.15, 0.2) is 91.0 Å². The molecule has 4 bridgehead atoms. The first-order chi connectivity index (χ1) is 27.9. The molecule has 0 radical (unpaired) electrons. The normalized spacial score (nSPS) is 22.6. The van der Waals surface area contributed by atoms with E-state index in [1.807, 2.05) is 60.0 Å². The molecule has 1 aliphatic heterocycles. The van der Waals surface area contributed by atoms with Crippen molar-refractivity contribution >= 4 is 23.5 Å². The lowest BCUT2D eigenvalue weighted by Gasteiger charge is -2.56. The zero-order chi connectivity index (χ0) is 38.8. The lowest BCUT2D eigenvalue weighted by atomic mass is 9.49. The van der Waals surface area contributed by atoms with Crippen LogP contribution in [0, 0.1) is 30.1 Å². The average Bonchev–Trinajstić information content (AvgIpc) is 3.56. The van der Waals surface area contributed by atoms with Gasteiger partial charge in [0.1, 0.15) is 12.4 Å². The number of aryl methyl sites for hydroxylation is 1. The Hall–Kier alpha value is -5.22. The van der Waals surface area contributed by atoms with E-state index in [2.05, 4.69) is 52.7 Å². The van der Waals surface area contributed by atoms with Gasteiger partial charge in [0.25, 0.3) is 0 Å². The lowest BCUT2D eigenvalue weighted by Crippen LogP contribution is -2.49. The molecule has 3 heterocycles. The van der Waals surface area contributed by atoms with Gasteiger partial charge in [-0.2, -0.15) is 9.61 Å². The van der Waals surface area contributed by atoms with E-state index in [1.54, 1.807) is 4.90 Å². The fraction of sp³-hybridized carbons (Fsp3) is 0.447. The van der Waals surface area contributed by atoms with Crippen LogP contribution in [0.1, 0.15) is 61.8 Å². The minimum atomic E-state index is -0.293. The van der Waals surface area contributed by atoms with E-state index in [1.165, 1.54) is 38.5 Å². The van der Waals surface area contributed by atoms with Crippen LogP contribution in [0.25, 0.3) is 28.0 Å². The monoisotopic (exact) mass is 766 g/mol. The molecular formula is C47H54N6O4. The van der Waals surface area contributed by atoms with Crippen LogP contribution in [0.4, 0.5) is 10.6 Å². The molecule has 0 atom stereocenters. The van der Waals surface area contributed by atoms with Crippen molar-refractivity contribution in [3.63, 3.8) is 0 Å². The number of benzene rings is 3. The molecule has 1 saturated heterocycles. The molecule has 0 spiro atoms. The second-order valence-electron chi connectivity index (χ2n) is 17.1. The standard InChI is InChI=1S/C47H54N6O4/c1-33-44(39-12-6-3-7-13-39)45-49-41(27-43(53(45)50-33)51-17-19-52(20-18-51)46(55)57-32-35-9-4-2-5-10-35)40-14-8-11-34(26-40)15-21-56-22-16-48-42(54)31-47-28-36-23-37(29-47)25-38(24-36)30-47/h2-14,26-27,36-38H,15-25,28-32H2,1H3,(H,48,54). The second-order valence-corrected chi connectivity index (χ2v) is 17.1. The second kappa shape index (κ2) is 16.3. The zero-order valence-corrected chi connectivity index (χ0v) is 33.1. The predicted octanol–water partition coefficient (Wildman–Crippen LogP) is 8.11. The summed E-state index contributed by atoms with van der Waals surface area (Å²) >= 11 is 0. The van der Waals surface area contributed by atoms with Gasteiger partial charge in [0.2, 0.25) is 5.91 Å². The third kappa shape index (κ3) is 8.28. The summed E-state index contributed by atoms with van der Waals surface area (Å²) in [4.78, 5) is 35.3. The van der Waals surface area contributed by atoms with Crippen molar-refractivity contribution in [1.29, 1.82) is 0 Å². The van der Waals surface area contributed by atoms with Crippen molar-refractivity contribution < 1.29 is 19.1 Å². The number of hydrogen-bond donors (Lipinski definition) is 1. The number of carbonyl (C=O) groups is 2. The lowest BCUT2D eigenvalue weighted by molar-refractivity contribution is -0.129. The highest BCUT2D eigenvalue weighted by Crippen LogP contribution is 2.61. The van der Waals surface area contributed by atoms with Crippen molar-refractivity contribution in [3.8, 4) is 22.4 Å². The Labute approximate surface area is 335 Å². The Balaban J connectivity index is 0.850. The third-order valence-electron chi connectivity index (χ3n) is 12.9. The van der Waals surface area contributed by atoms with Gasteiger partial charge < -0.3 is 24.6 Å². The first kappa shape index (κ1) is 37.4. The minimum absolute atomic E-state index is 0.198. The van der Waals surface area contributed by atoms with E-state index in [4.69, 9.17) is 19.6 Å². The largest absolute Gasteiger partial charge is 0.445 e. The van der Waals surface area contributed by atoms with Gasteiger partial charge in [-0.3, -0.25) is 4.79 Å². The predicted molar refractivity (Wildman–Crippen MR) is 222 cm³/mol. The summed E-state index contributed by atoms with van der Waals surface area (Å²) < 4.78 is 13.6. The van der Waals surface area contributed by atoms with Gasteiger partial charge in [0.15, 0.2) is 5.65 Å². The van der Waals surface area contributed by atoms with E-state index in [0.717, 1.165) is 74.8 Å². The zero-order valence-electron chi connectivity index (χ0n) is 33.1. The molecule has 5 fully saturated rings. The summed E-state index contributed by atoms with van der Waals surface area (Å²) in [7, 11) is 0. The summed E-state index contributed by atoms with van der Waals surface area (Å²) in [6.45, 7) is 6.29. The van der Waals surface area contributed by atoms with Gasteiger partial charge in [0, 0.05) is 56.3 Å². The number of fused-ring (bicyclic) bond motifs is 1. The average molecular weight is 767 g/mol. The van der Waals surface area contributed by atoms with Crippen LogP contribution in [0.5, 0.6) is 0 Å². The first-order valence-electron chi connectivity index (χ1n) is 21.0. The van der Waals surface area contributed by atoms with Crippen LogP contribution >= 0.6 is 0 Å².